The lowest BCUT2D eigenvalue weighted by Crippen LogP contribution is -2.46. The monoisotopic (exact) mass is 346 g/mol. The number of hydrogen-bond donors (Lipinski definition) is 2. The summed E-state index contributed by atoms with van der Waals surface area (Å²) in [6.45, 7) is 11.8. The number of nitrogens with zero attached hydrogens (tertiary/aromatic N) is 1. The molecule has 2 aliphatic heterocycles. The predicted molar refractivity (Wildman–Crippen MR) is 99.2 cm³/mol. The van der Waals surface area contributed by atoms with Crippen LogP contribution in [0.1, 0.15) is 58.1 Å². The van der Waals surface area contributed by atoms with E-state index in [2.05, 4.69) is 46.8 Å². The van der Waals surface area contributed by atoms with Gasteiger partial charge in [-0.2, -0.15) is 0 Å². The van der Waals surface area contributed by atoms with Crippen molar-refractivity contribution in [1.82, 2.24) is 4.90 Å². The number of rotatable bonds is 1. The lowest BCUT2D eigenvalue weighted by atomic mass is 9.67. The van der Waals surface area contributed by atoms with E-state index in [0.717, 1.165) is 29.8 Å². The molecular formula is C20H30N2O3. The van der Waals surface area contributed by atoms with Crippen LogP contribution in [-0.4, -0.2) is 34.8 Å². The van der Waals surface area contributed by atoms with Gasteiger partial charge >= 0.3 is 6.09 Å². The van der Waals surface area contributed by atoms with Crippen LogP contribution in [-0.2, 0) is 6.42 Å². The lowest BCUT2D eigenvalue weighted by molar-refractivity contribution is 0.0717. The van der Waals surface area contributed by atoms with Gasteiger partial charge in [0, 0.05) is 30.8 Å². The van der Waals surface area contributed by atoms with Crippen LogP contribution in [0.4, 0.5) is 10.5 Å². The third-order valence-corrected chi connectivity index (χ3v) is 5.66. The number of ether oxygens (including phenoxy) is 1. The van der Waals surface area contributed by atoms with E-state index in [-0.39, 0.29) is 22.9 Å². The molecule has 1 fully saturated rings. The van der Waals surface area contributed by atoms with Crippen molar-refractivity contribution in [3.8, 4) is 5.75 Å². The summed E-state index contributed by atoms with van der Waals surface area (Å²) in [6.07, 6.45) is 0.827. The van der Waals surface area contributed by atoms with E-state index in [0.29, 0.717) is 13.1 Å². The number of fused-ring (bicyclic) bond motifs is 1. The number of amides is 1. The zero-order chi connectivity index (χ0) is 18.6. The Kier molecular flexibility index (Phi) is 4.17. The molecule has 5 nitrogen and oxygen atoms in total. The Labute approximate surface area is 150 Å². The van der Waals surface area contributed by atoms with E-state index < -0.39 is 6.09 Å². The molecule has 2 aliphatic rings. The Balaban J connectivity index is 1.96. The van der Waals surface area contributed by atoms with Crippen molar-refractivity contribution in [2.75, 3.05) is 18.8 Å². The maximum atomic E-state index is 11.4. The maximum absolute atomic E-state index is 11.4. The SMILES string of the molecule is CC1(C)Cc2cc(N)c(C3CCN(C(=O)O)CC3C(C)(C)C)cc2O1. The third kappa shape index (κ3) is 3.42. The minimum Gasteiger partial charge on any atom is -0.487 e. The summed E-state index contributed by atoms with van der Waals surface area (Å²) < 4.78 is 6.10. The summed E-state index contributed by atoms with van der Waals surface area (Å²) in [5, 5.41) is 9.40. The zero-order valence-corrected chi connectivity index (χ0v) is 15.9. The summed E-state index contributed by atoms with van der Waals surface area (Å²) in [5.41, 5.74) is 9.32. The Morgan fingerprint density at radius 1 is 1.36 bits per heavy atom. The molecule has 0 aliphatic carbocycles. The normalized spacial score (nSPS) is 25.4. The van der Waals surface area contributed by atoms with Gasteiger partial charge in [-0.1, -0.05) is 20.8 Å². The minimum atomic E-state index is -0.834. The molecule has 0 saturated carbocycles. The van der Waals surface area contributed by atoms with E-state index in [1.807, 2.05) is 0 Å². The molecule has 0 aromatic heterocycles. The first-order valence-corrected chi connectivity index (χ1v) is 9.07. The van der Waals surface area contributed by atoms with Crippen LogP contribution < -0.4 is 10.5 Å². The second-order valence-corrected chi connectivity index (χ2v) is 9.22. The van der Waals surface area contributed by atoms with Crippen molar-refractivity contribution < 1.29 is 14.6 Å². The van der Waals surface area contributed by atoms with E-state index >= 15 is 0 Å². The Hall–Kier alpha value is -1.91. The summed E-state index contributed by atoms with van der Waals surface area (Å²) in [4.78, 5) is 13.0. The molecule has 1 saturated heterocycles. The van der Waals surface area contributed by atoms with Crippen LogP contribution in [0.25, 0.3) is 0 Å². The van der Waals surface area contributed by atoms with Crippen molar-refractivity contribution in [3.63, 3.8) is 0 Å². The highest BCUT2D eigenvalue weighted by Crippen LogP contribution is 2.47. The highest BCUT2D eigenvalue weighted by atomic mass is 16.5. The van der Waals surface area contributed by atoms with Crippen molar-refractivity contribution in [3.05, 3.63) is 23.3 Å². The quantitative estimate of drug-likeness (QED) is 0.750. The van der Waals surface area contributed by atoms with Gasteiger partial charge in [-0.15, -0.1) is 0 Å². The van der Waals surface area contributed by atoms with E-state index in [4.69, 9.17) is 10.5 Å². The van der Waals surface area contributed by atoms with Gasteiger partial charge < -0.3 is 20.5 Å². The average Bonchev–Trinajstić information content (AvgIpc) is 2.77. The number of piperidine rings is 1. The lowest BCUT2D eigenvalue weighted by Gasteiger charge is -2.44. The topological polar surface area (TPSA) is 75.8 Å². The van der Waals surface area contributed by atoms with Crippen molar-refractivity contribution in [1.29, 1.82) is 0 Å². The van der Waals surface area contributed by atoms with Gasteiger partial charge in [0.25, 0.3) is 0 Å². The number of nitrogens with two attached hydrogens (primary N) is 1. The van der Waals surface area contributed by atoms with E-state index in [1.165, 1.54) is 10.5 Å². The standard InChI is InChI=1S/C20H30N2O3/c1-19(2,3)15-11-22(18(23)24)7-6-13(15)14-9-17-12(8-16(14)21)10-20(4,5)25-17/h8-9,13,15H,6-7,10-11,21H2,1-5H3,(H,23,24). The van der Waals surface area contributed by atoms with Gasteiger partial charge in [-0.3, -0.25) is 0 Å². The van der Waals surface area contributed by atoms with E-state index in [9.17, 15) is 9.90 Å². The largest absolute Gasteiger partial charge is 0.487 e. The van der Waals surface area contributed by atoms with Crippen LogP contribution in [0, 0.1) is 11.3 Å². The first kappa shape index (κ1) is 17.9. The van der Waals surface area contributed by atoms with Gasteiger partial charge in [0.1, 0.15) is 11.4 Å². The number of anilines is 1. The summed E-state index contributed by atoms with van der Waals surface area (Å²) in [7, 11) is 0. The van der Waals surface area contributed by atoms with Crippen LogP contribution >= 0.6 is 0 Å². The van der Waals surface area contributed by atoms with Gasteiger partial charge in [0.15, 0.2) is 0 Å². The van der Waals surface area contributed by atoms with Gasteiger partial charge in [0.05, 0.1) is 0 Å². The number of carboxylic acid groups (broad SMARTS) is 1. The Morgan fingerprint density at radius 3 is 2.64 bits per heavy atom. The van der Waals surface area contributed by atoms with E-state index in [1.54, 1.807) is 0 Å². The molecule has 2 unspecified atom stereocenters. The molecule has 3 N–H and O–H groups in total. The highest BCUT2D eigenvalue weighted by molar-refractivity contribution is 5.65. The fourth-order valence-electron chi connectivity index (χ4n) is 4.38. The number of hydrogen-bond acceptors (Lipinski definition) is 3. The molecule has 5 heteroatoms. The minimum absolute atomic E-state index is 0.00955. The first-order chi connectivity index (χ1) is 11.5. The van der Waals surface area contributed by atoms with Crippen LogP contribution in [0.2, 0.25) is 0 Å². The number of nitrogen functional groups attached to an aromatic ring is 1. The van der Waals surface area contributed by atoms with Crippen LogP contribution in [0.3, 0.4) is 0 Å². The number of benzene rings is 1. The maximum Gasteiger partial charge on any atom is 0.407 e. The van der Waals surface area contributed by atoms with Gasteiger partial charge in [-0.25, -0.2) is 4.79 Å². The summed E-state index contributed by atoms with van der Waals surface area (Å²) in [6, 6.07) is 4.17. The van der Waals surface area contributed by atoms with Crippen molar-refractivity contribution in [2.24, 2.45) is 11.3 Å². The molecule has 1 aromatic rings. The molecule has 2 heterocycles. The predicted octanol–water partition coefficient (Wildman–Crippen LogP) is 4.11. The molecule has 3 rings (SSSR count). The third-order valence-electron chi connectivity index (χ3n) is 5.66. The van der Waals surface area contributed by atoms with Crippen LogP contribution in [0.15, 0.2) is 12.1 Å². The molecular weight excluding hydrogens is 316 g/mol. The van der Waals surface area contributed by atoms with Crippen molar-refractivity contribution >= 4 is 11.8 Å². The Morgan fingerprint density at radius 2 is 2.04 bits per heavy atom. The highest BCUT2D eigenvalue weighted by Gasteiger charge is 2.41. The average molecular weight is 346 g/mol. The molecule has 138 valence electrons. The number of carbonyl (C=O) groups is 1. The molecule has 0 radical (unpaired) electrons. The van der Waals surface area contributed by atoms with Gasteiger partial charge in [-0.05, 0) is 55.2 Å². The fourth-order valence-corrected chi connectivity index (χ4v) is 4.38. The second-order valence-electron chi connectivity index (χ2n) is 9.22. The molecule has 25 heavy (non-hydrogen) atoms. The first-order valence-electron chi connectivity index (χ1n) is 9.07. The molecule has 1 aromatic carbocycles. The molecule has 2 atom stereocenters. The summed E-state index contributed by atoms with van der Waals surface area (Å²) >= 11 is 0. The Bertz CT molecular complexity index is 691. The molecule has 0 spiro atoms. The fraction of sp³-hybridized carbons (Fsp3) is 0.650. The van der Waals surface area contributed by atoms with Crippen molar-refractivity contribution in [2.45, 2.75) is 59.0 Å². The second kappa shape index (κ2) is 5.82. The molecule has 1 amide bonds. The van der Waals surface area contributed by atoms with Crippen LogP contribution in [0.5, 0.6) is 5.75 Å². The molecule has 0 bridgehead atoms. The smallest absolute Gasteiger partial charge is 0.407 e. The zero-order valence-electron chi connectivity index (χ0n) is 15.9. The van der Waals surface area contributed by atoms with Gasteiger partial charge in [0.2, 0.25) is 0 Å². The summed E-state index contributed by atoms with van der Waals surface area (Å²) in [5.74, 6) is 1.39. The number of likely N-dealkylation sites (tertiary alicyclic amines) is 1.